The van der Waals surface area contributed by atoms with E-state index in [1.807, 2.05) is 11.4 Å². The van der Waals surface area contributed by atoms with Crippen LogP contribution >= 0.6 is 27.3 Å². The molecule has 8 heteroatoms. The number of nitrogens with zero attached hydrogens (tertiary/aromatic N) is 2. The van der Waals surface area contributed by atoms with Crippen molar-refractivity contribution >= 4 is 39.0 Å². The van der Waals surface area contributed by atoms with E-state index < -0.39 is 4.92 Å². The number of carbonyl (C=O) groups is 1. The van der Waals surface area contributed by atoms with Crippen LogP contribution < -0.4 is 5.32 Å². The highest BCUT2D eigenvalue weighted by Crippen LogP contribution is 2.20. The molecule has 19 heavy (non-hydrogen) atoms. The molecule has 0 aliphatic carbocycles. The molecule has 2 rings (SSSR count). The maximum atomic E-state index is 11.9. The number of nitro groups is 1. The highest BCUT2D eigenvalue weighted by atomic mass is 79.9. The lowest BCUT2D eigenvalue weighted by molar-refractivity contribution is -0.391. The number of amides is 1. The van der Waals surface area contributed by atoms with E-state index in [1.165, 1.54) is 35.1 Å². The van der Waals surface area contributed by atoms with Crippen molar-refractivity contribution in [1.29, 1.82) is 0 Å². The third-order valence-corrected chi connectivity index (χ3v) is 4.26. The summed E-state index contributed by atoms with van der Waals surface area (Å²) >= 11 is 4.86. The topological polar surface area (TPSA) is 77.2 Å². The number of halogens is 1. The van der Waals surface area contributed by atoms with Gasteiger partial charge in [-0.2, -0.15) is 0 Å². The Morgan fingerprint density at radius 3 is 2.84 bits per heavy atom. The highest BCUT2D eigenvalue weighted by Gasteiger charge is 2.20. The van der Waals surface area contributed by atoms with E-state index in [0.717, 1.165) is 9.35 Å². The maximum absolute atomic E-state index is 11.9. The van der Waals surface area contributed by atoms with Crippen LogP contribution in [0, 0.1) is 10.1 Å². The summed E-state index contributed by atoms with van der Waals surface area (Å²) in [6, 6.07) is 4.67. The minimum Gasteiger partial charge on any atom is -0.358 e. The Hall–Kier alpha value is -1.67. The summed E-state index contributed by atoms with van der Waals surface area (Å²) in [5.74, 6) is -0.441. The predicted octanol–water partition coefficient (Wildman–Crippen LogP) is 2.69. The molecular formula is C11H10BrN3O3S. The van der Waals surface area contributed by atoms with Gasteiger partial charge in [0.2, 0.25) is 0 Å². The molecule has 0 bridgehead atoms. The van der Waals surface area contributed by atoms with Gasteiger partial charge in [0.1, 0.15) is 0 Å². The van der Waals surface area contributed by atoms with Crippen LogP contribution in [-0.4, -0.2) is 15.4 Å². The first-order valence-electron chi connectivity index (χ1n) is 5.30. The minimum absolute atomic E-state index is 0.107. The molecular weight excluding hydrogens is 334 g/mol. The molecule has 6 nitrogen and oxygen atoms in total. The molecule has 0 aliphatic rings. The number of nitrogens with one attached hydrogen (secondary N) is 1. The van der Waals surface area contributed by atoms with Crippen molar-refractivity contribution in [2.45, 2.75) is 6.54 Å². The largest absolute Gasteiger partial charge is 0.358 e. The molecule has 0 saturated carbocycles. The standard InChI is InChI=1S/C11H10BrN3O3S/c1-14-9(2-3-10(14)15(17)18)11(16)13-5-8-4-7(12)6-19-8/h2-4,6H,5H2,1H3,(H,13,16). The Kier molecular flexibility index (Phi) is 4.01. The van der Waals surface area contributed by atoms with Gasteiger partial charge in [0.05, 0.1) is 13.6 Å². The third-order valence-electron chi connectivity index (χ3n) is 2.56. The van der Waals surface area contributed by atoms with Crippen molar-refractivity contribution in [2.24, 2.45) is 7.05 Å². The number of carbonyl (C=O) groups excluding carboxylic acids is 1. The van der Waals surface area contributed by atoms with Crippen LogP contribution in [0.1, 0.15) is 15.4 Å². The van der Waals surface area contributed by atoms with Crippen LogP contribution in [0.15, 0.2) is 28.1 Å². The van der Waals surface area contributed by atoms with Gasteiger partial charge in [-0.3, -0.25) is 4.79 Å². The zero-order valence-corrected chi connectivity index (χ0v) is 12.3. The average Bonchev–Trinajstić information content (AvgIpc) is 2.92. The fraction of sp³-hybridized carbons (Fsp3) is 0.182. The third kappa shape index (κ3) is 3.02. The molecule has 2 aromatic rings. The first-order valence-corrected chi connectivity index (χ1v) is 6.97. The van der Waals surface area contributed by atoms with Gasteiger partial charge in [-0.25, -0.2) is 4.57 Å². The first-order chi connectivity index (χ1) is 8.99. The molecule has 2 heterocycles. The van der Waals surface area contributed by atoms with E-state index in [0.29, 0.717) is 6.54 Å². The second-order valence-corrected chi connectivity index (χ2v) is 5.72. The molecule has 2 aromatic heterocycles. The summed E-state index contributed by atoms with van der Waals surface area (Å²) in [5.41, 5.74) is 0.266. The Morgan fingerprint density at radius 2 is 2.32 bits per heavy atom. The average molecular weight is 344 g/mol. The monoisotopic (exact) mass is 343 g/mol. The molecule has 0 atom stereocenters. The van der Waals surface area contributed by atoms with Crippen molar-refractivity contribution in [1.82, 2.24) is 9.88 Å². The maximum Gasteiger partial charge on any atom is 0.323 e. The van der Waals surface area contributed by atoms with E-state index >= 15 is 0 Å². The fourth-order valence-electron chi connectivity index (χ4n) is 1.62. The summed E-state index contributed by atoms with van der Waals surface area (Å²) < 4.78 is 2.23. The van der Waals surface area contributed by atoms with Crippen LogP contribution in [0.3, 0.4) is 0 Å². The van der Waals surface area contributed by atoms with Crippen molar-refractivity contribution in [2.75, 3.05) is 0 Å². The summed E-state index contributed by atoms with van der Waals surface area (Å²) in [4.78, 5) is 23.1. The molecule has 0 saturated heterocycles. The summed E-state index contributed by atoms with van der Waals surface area (Å²) in [5, 5.41) is 15.3. The van der Waals surface area contributed by atoms with Crippen molar-refractivity contribution < 1.29 is 9.72 Å². The van der Waals surface area contributed by atoms with Gasteiger partial charge in [-0.15, -0.1) is 11.3 Å². The van der Waals surface area contributed by atoms with E-state index in [1.54, 1.807) is 0 Å². The second-order valence-electron chi connectivity index (χ2n) is 3.81. The van der Waals surface area contributed by atoms with Crippen LogP contribution in [0.2, 0.25) is 0 Å². The van der Waals surface area contributed by atoms with Crippen LogP contribution in [0.4, 0.5) is 5.82 Å². The number of aromatic nitrogens is 1. The molecule has 0 aromatic carbocycles. The Balaban J connectivity index is 2.06. The van der Waals surface area contributed by atoms with Gasteiger partial charge >= 0.3 is 5.82 Å². The van der Waals surface area contributed by atoms with Crippen LogP contribution in [0.25, 0.3) is 0 Å². The van der Waals surface area contributed by atoms with Gasteiger partial charge in [0.25, 0.3) is 5.91 Å². The number of hydrogen-bond acceptors (Lipinski definition) is 4. The highest BCUT2D eigenvalue weighted by molar-refractivity contribution is 9.10. The van der Waals surface area contributed by atoms with E-state index in [2.05, 4.69) is 21.2 Å². The molecule has 0 unspecified atom stereocenters. The zero-order valence-electron chi connectivity index (χ0n) is 9.92. The van der Waals surface area contributed by atoms with Gasteiger partial charge in [-0.05, 0) is 33.0 Å². The number of thiophene rings is 1. The molecule has 100 valence electrons. The Bertz CT molecular complexity index is 635. The Morgan fingerprint density at radius 1 is 1.58 bits per heavy atom. The summed E-state index contributed by atoms with van der Waals surface area (Å²) in [7, 11) is 1.49. The lowest BCUT2D eigenvalue weighted by Crippen LogP contribution is -2.24. The lowest BCUT2D eigenvalue weighted by atomic mass is 10.4. The quantitative estimate of drug-likeness (QED) is 0.684. The summed E-state index contributed by atoms with van der Waals surface area (Å²) in [6.07, 6.45) is 0. The SMILES string of the molecule is Cn1c(C(=O)NCc2cc(Br)cs2)ccc1[N+](=O)[O-]. The van der Waals surface area contributed by atoms with Gasteiger partial charge in [0.15, 0.2) is 5.69 Å². The fourth-order valence-corrected chi connectivity index (χ4v) is 3.01. The van der Waals surface area contributed by atoms with Crippen molar-refractivity contribution in [3.8, 4) is 0 Å². The normalized spacial score (nSPS) is 10.4. The van der Waals surface area contributed by atoms with Crippen molar-refractivity contribution in [3.63, 3.8) is 0 Å². The van der Waals surface area contributed by atoms with E-state index in [4.69, 9.17) is 0 Å². The lowest BCUT2D eigenvalue weighted by Gasteiger charge is -2.02. The summed E-state index contributed by atoms with van der Waals surface area (Å²) in [6.45, 7) is 0.397. The minimum atomic E-state index is -0.521. The molecule has 1 amide bonds. The van der Waals surface area contributed by atoms with Crippen molar-refractivity contribution in [3.05, 3.63) is 48.7 Å². The Labute approximate surface area is 121 Å². The molecule has 1 N–H and O–H groups in total. The van der Waals surface area contributed by atoms with E-state index in [9.17, 15) is 14.9 Å². The molecule has 0 radical (unpaired) electrons. The molecule has 0 aliphatic heterocycles. The van der Waals surface area contributed by atoms with E-state index in [-0.39, 0.29) is 17.4 Å². The zero-order chi connectivity index (χ0) is 14.0. The van der Waals surface area contributed by atoms with Gasteiger partial charge in [-0.1, -0.05) is 0 Å². The number of hydrogen-bond donors (Lipinski definition) is 1. The number of rotatable bonds is 4. The smallest absolute Gasteiger partial charge is 0.323 e. The van der Waals surface area contributed by atoms with Gasteiger partial charge < -0.3 is 15.4 Å². The second kappa shape index (κ2) is 5.54. The van der Waals surface area contributed by atoms with Gasteiger partial charge in [0, 0.05) is 20.8 Å². The first kappa shape index (κ1) is 13.8. The predicted molar refractivity (Wildman–Crippen MR) is 75.3 cm³/mol. The molecule has 0 spiro atoms. The van der Waals surface area contributed by atoms with Crippen LogP contribution in [0.5, 0.6) is 0 Å². The van der Waals surface area contributed by atoms with Crippen LogP contribution in [-0.2, 0) is 13.6 Å². The molecule has 0 fully saturated rings.